The summed E-state index contributed by atoms with van der Waals surface area (Å²) in [6.45, 7) is 1.38. The van der Waals surface area contributed by atoms with Crippen molar-refractivity contribution in [2.24, 2.45) is 0 Å². The van der Waals surface area contributed by atoms with E-state index in [4.69, 9.17) is 25.8 Å². The second-order valence-corrected chi connectivity index (χ2v) is 4.14. The van der Waals surface area contributed by atoms with Gasteiger partial charge in [-0.2, -0.15) is 0 Å². The van der Waals surface area contributed by atoms with Crippen LogP contribution in [0, 0.1) is 0 Å². The molecule has 102 valence electrons. The van der Waals surface area contributed by atoms with Gasteiger partial charge in [-0.05, 0) is 6.07 Å². The summed E-state index contributed by atoms with van der Waals surface area (Å²) < 4.78 is 16.2. The van der Waals surface area contributed by atoms with Crippen LogP contribution in [-0.2, 0) is 4.74 Å². The van der Waals surface area contributed by atoms with Crippen LogP contribution in [0.3, 0.4) is 0 Å². The molecule has 0 aliphatic rings. The molecule has 0 bridgehead atoms. The van der Waals surface area contributed by atoms with Crippen LogP contribution in [0.4, 0.5) is 0 Å². The third-order valence-corrected chi connectivity index (χ3v) is 2.60. The highest BCUT2D eigenvalue weighted by molar-refractivity contribution is 6.18. The number of nitrogens with zero attached hydrogens (tertiary/aromatic N) is 2. The summed E-state index contributed by atoms with van der Waals surface area (Å²) in [7, 11) is 1.63. The molecule has 0 aliphatic heterocycles. The number of rotatable bonds is 7. The smallest absolute Gasteiger partial charge is 0.163 e. The van der Waals surface area contributed by atoms with Gasteiger partial charge in [0.25, 0.3) is 0 Å². The summed E-state index contributed by atoms with van der Waals surface area (Å²) in [6.07, 6.45) is 3.23. The molecule has 0 unspecified atom stereocenters. The molecular weight excluding hydrogens is 268 g/mol. The lowest BCUT2D eigenvalue weighted by atomic mass is 10.2. The maximum atomic E-state index is 5.64. The SMILES string of the molecule is COCCOc1cc2ncncc2cc1OCCCl. The molecule has 6 heteroatoms. The molecule has 0 aliphatic carbocycles. The monoisotopic (exact) mass is 282 g/mol. The molecular formula is C13H15ClN2O3. The molecule has 1 aromatic carbocycles. The molecule has 1 aromatic heterocycles. The predicted octanol–water partition coefficient (Wildman–Crippen LogP) is 2.27. The largest absolute Gasteiger partial charge is 0.488 e. The van der Waals surface area contributed by atoms with Crippen LogP contribution in [0.1, 0.15) is 0 Å². The molecule has 0 fully saturated rings. The van der Waals surface area contributed by atoms with Gasteiger partial charge in [0.1, 0.15) is 19.5 Å². The number of benzene rings is 1. The van der Waals surface area contributed by atoms with Crippen LogP contribution in [0.5, 0.6) is 11.5 Å². The van der Waals surface area contributed by atoms with Gasteiger partial charge >= 0.3 is 0 Å². The second kappa shape index (κ2) is 7.11. The van der Waals surface area contributed by atoms with Crippen molar-refractivity contribution in [3.05, 3.63) is 24.7 Å². The fraction of sp³-hybridized carbons (Fsp3) is 0.385. The Morgan fingerprint density at radius 3 is 2.68 bits per heavy atom. The highest BCUT2D eigenvalue weighted by Gasteiger charge is 2.08. The zero-order valence-corrected chi connectivity index (χ0v) is 11.4. The van der Waals surface area contributed by atoms with Crippen molar-refractivity contribution in [1.29, 1.82) is 0 Å². The molecule has 1 heterocycles. The molecule has 2 rings (SSSR count). The molecule has 0 saturated heterocycles. The number of halogens is 1. The number of methoxy groups -OCH3 is 1. The minimum Gasteiger partial charge on any atom is -0.488 e. The van der Waals surface area contributed by atoms with Gasteiger partial charge in [-0.25, -0.2) is 9.97 Å². The Balaban J connectivity index is 2.27. The van der Waals surface area contributed by atoms with Crippen LogP contribution in [0.2, 0.25) is 0 Å². The third kappa shape index (κ3) is 3.68. The Morgan fingerprint density at radius 1 is 1.11 bits per heavy atom. The van der Waals surface area contributed by atoms with E-state index in [0.29, 0.717) is 37.2 Å². The first kappa shape index (κ1) is 13.8. The first-order valence-electron chi connectivity index (χ1n) is 5.89. The summed E-state index contributed by atoms with van der Waals surface area (Å²) >= 11 is 5.64. The van der Waals surface area contributed by atoms with Crippen LogP contribution in [-0.4, -0.2) is 42.8 Å². The highest BCUT2D eigenvalue weighted by Crippen LogP contribution is 2.31. The molecule has 0 atom stereocenters. The molecule has 0 N–H and O–H groups in total. The van der Waals surface area contributed by atoms with Gasteiger partial charge < -0.3 is 14.2 Å². The van der Waals surface area contributed by atoms with Crippen molar-refractivity contribution < 1.29 is 14.2 Å². The zero-order chi connectivity index (χ0) is 13.5. The van der Waals surface area contributed by atoms with Gasteiger partial charge in [-0.15, -0.1) is 11.6 Å². The third-order valence-electron chi connectivity index (χ3n) is 2.45. The number of aromatic nitrogens is 2. The Labute approximate surface area is 116 Å². The van der Waals surface area contributed by atoms with E-state index < -0.39 is 0 Å². The number of ether oxygens (including phenoxy) is 3. The summed E-state index contributed by atoms with van der Waals surface area (Å²) in [5.74, 6) is 1.69. The van der Waals surface area contributed by atoms with Crippen LogP contribution in [0.25, 0.3) is 10.9 Å². The van der Waals surface area contributed by atoms with E-state index in [-0.39, 0.29) is 0 Å². The Bertz CT molecular complexity index is 536. The van der Waals surface area contributed by atoms with E-state index in [0.717, 1.165) is 10.9 Å². The lowest BCUT2D eigenvalue weighted by molar-refractivity contribution is 0.143. The van der Waals surface area contributed by atoms with Crippen molar-refractivity contribution in [3.63, 3.8) is 0 Å². The Hall–Kier alpha value is -1.59. The van der Waals surface area contributed by atoms with Crippen LogP contribution < -0.4 is 9.47 Å². The lowest BCUT2D eigenvalue weighted by Crippen LogP contribution is -2.07. The molecule has 0 amide bonds. The number of hydrogen-bond acceptors (Lipinski definition) is 5. The first-order valence-corrected chi connectivity index (χ1v) is 6.43. The minimum atomic E-state index is 0.417. The molecule has 5 nitrogen and oxygen atoms in total. The quantitative estimate of drug-likeness (QED) is 0.576. The van der Waals surface area contributed by atoms with E-state index in [1.807, 2.05) is 12.1 Å². The van der Waals surface area contributed by atoms with Gasteiger partial charge in [0.2, 0.25) is 0 Å². The topological polar surface area (TPSA) is 53.5 Å². The lowest BCUT2D eigenvalue weighted by Gasteiger charge is -2.12. The molecule has 2 aromatic rings. The van der Waals surface area contributed by atoms with Gasteiger partial charge in [0.05, 0.1) is 18.0 Å². The van der Waals surface area contributed by atoms with E-state index in [2.05, 4.69) is 9.97 Å². The minimum absolute atomic E-state index is 0.417. The van der Waals surface area contributed by atoms with Crippen molar-refractivity contribution in [3.8, 4) is 11.5 Å². The Morgan fingerprint density at radius 2 is 1.89 bits per heavy atom. The van der Waals surface area contributed by atoms with E-state index in [1.165, 1.54) is 6.33 Å². The van der Waals surface area contributed by atoms with Gasteiger partial charge in [0.15, 0.2) is 11.5 Å². The molecule has 0 spiro atoms. The maximum Gasteiger partial charge on any atom is 0.163 e. The van der Waals surface area contributed by atoms with Crippen LogP contribution >= 0.6 is 11.6 Å². The zero-order valence-electron chi connectivity index (χ0n) is 10.6. The summed E-state index contributed by atoms with van der Waals surface area (Å²) in [4.78, 5) is 8.17. The van der Waals surface area contributed by atoms with Crippen molar-refractivity contribution >= 4 is 22.5 Å². The summed E-state index contributed by atoms with van der Waals surface area (Å²) in [5.41, 5.74) is 0.806. The number of fused-ring (bicyclic) bond motifs is 1. The molecule has 19 heavy (non-hydrogen) atoms. The number of alkyl halides is 1. The van der Waals surface area contributed by atoms with Gasteiger partial charge in [-0.3, -0.25) is 0 Å². The Kier molecular flexibility index (Phi) is 5.18. The van der Waals surface area contributed by atoms with E-state index >= 15 is 0 Å². The number of hydrogen-bond donors (Lipinski definition) is 0. The average Bonchev–Trinajstić information content (AvgIpc) is 2.45. The second-order valence-electron chi connectivity index (χ2n) is 3.76. The normalized spacial score (nSPS) is 10.6. The fourth-order valence-corrected chi connectivity index (χ4v) is 1.68. The van der Waals surface area contributed by atoms with E-state index in [1.54, 1.807) is 13.3 Å². The molecule has 0 saturated carbocycles. The maximum absolute atomic E-state index is 5.64. The molecule has 0 radical (unpaired) electrons. The van der Waals surface area contributed by atoms with Gasteiger partial charge in [0, 0.05) is 24.8 Å². The van der Waals surface area contributed by atoms with Crippen LogP contribution in [0.15, 0.2) is 24.7 Å². The van der Waals surface area contributed by atoms with Crippen molar-refractivity contribution in [1.82, 2.24) is 9.97 Å². The predicted molar refractivity (Wildman–Crippen MR) is 73.1 cm³/mol. The average molecular weight is 283 g/mol. The van der Waals surface area contributed by atoms with Crippen molar-refractivity contribution in [2.75, 3.05) is 32.8 Å². The fourth-order valence-electron chi connectivity index (χ4n) is 1.60. The van der Waals surface area contributed by atoms with Crippen molar-refractivity contribution in [2.45, 2.75) is 0 Å². The summed E-state index contributed by atoms with van der Waals surface area (Å²) in [6, 6.07) is 3.68. The van der Waals surface area contributed by atoms with E-state index in [9.17, 15) is 0 Å². The first-order chi connectivity index (χ1) is 9.35. The summed E-state index contributed by atoms with van der Waals surface area (Å²) in [5, 5.41) is 0.895. The highest BCUT2D eigenvalue weighted by atomic mass is 35.5. The van der Waals surface area contributed by atoms with Gasteiger partial charge in [-0.1, -0.05) is 0 Å². The standard InChI is InChI=1S/C13H15ClN2O3/c1-17-4-5-19-13-7-11-10(8-15-9-16-11)6-12(13)18-3-2-14/h6-9H,2-5H2,1H3.